The van der Waals surface area contributed by atoms with E-state index in [4.69, 9.17) is 9.47 Å². The van der Waals surface area contributed by atoms with Crippen LogP contribution in [0.3, 0.4) is 0 Å². The molecule has 0 radical (unpaired) electrons. The Balaban J connectivity index is 1.67. The van der Waals surface area contributed by atoms with Crippen LogP contribution >= 0.6 is 0 Å². The maximum Gasteiger partial charge on any atom is 0.337 e. The van der Waals surface area contributed by atoms with E-state index in [0.717, 1.165) is 6.20 Å². The van der Waals surface area contributed by atoms with Crippen molar-refractivity contribution < 1.29 is 23.4 Å². The van der Waals surface area contributed by atoms with Crippen LogP contribution in [0.5, 0.6) is 5.75 Å². The van der Waals surface area contributed by atoms with Gasteiger partial charge in [0, 0.05) is 18.5 Å². The van der Waals surface area contributed by atoms with Gasteiger partial charge in [-0.25, -0.2) is 14.2 Å². The van der Waals surface area contributed by atoms with Crippen LogP contribution in [0.2, 0.25) is 0 Å². The molecule has 2 N–H and O–H groups in total. The maximum atomic E-state index is 14.1. The third-order valence-electron chi connectivity index (χ3n) is 3.98. The number of rotatable bonds is 9. The lowest BCUT2D eigenvalue weighted by Crippen LogP contribution is -2.05. The molecule has 1 heterocycles. The predicted molar refractivity (Wildman–Crippen MR) is 110 cm³/mol. The van der Waals surface area contributed by atoms with Crippen molar-refractivity contribution in [1.82, 2.24) is 9.97 Å². The minimum atomic E-state index is -0.612. The summed E-state index contributed by atoms with van der Waals surface area (Å²) in [4.78, 5) is 19.6. The van der Waals surface area contributed by atoms with E-state index in [0.29, 0.717) is 35.9 Å². The van der Waals surface area contributed by atoms with Crippen molar-refractivity contribution in [2.75, 3.05) is 38.1 Å². The molecular weight excluding hydrogens is 391 g/mol. The van der Waals surface area contributed by atoms with E-state index in [2.05, 4.69) is 25.3 Å². The smallest absolute Gasteiger partial charge is 0.337 e. The fourth-order valence-electron chi connectivity index (χ4n) is 2.47. The van der Waals surface area contributed by atoms with Gasteiger partial charge in [-0.3, -0.25) is 0 Å². The molecule has 2 aromatic carbocycles. The fourth-order valence-corrected chi connectivity index (χ4v) is 2.47. The summed E-state index contributed by atoms with van der Waals surface area (Å²) in [6.07, 6.45) is 1.07. The number of carbonyl (C=O) groups excluding carboxylic acids is 1. The molecule has 0 aliphatic rings. The molecule has 3 rings (SSSR count). The lowest BCUT2D eigenvalue weighted by atomic mass is 10.2. The van der Waals surface area contributed by atoms with E-state index in [9.17, 15) is 9.18 Å². The number of methoxy groups -OCH3 is 2. The van der Waals surface area contributed by atoms with Gasteiger partial charge in [0.15, 0.2) is 11.6 Å². The molecule has 156 valence electrons. The van der Waals surface area contributed by atoms with Crippen molar-refractivity contribution in [1.29, 1.82) is 0 Å². The average Bonchev–Trinajstić information content (AvgIpc) is 2.77. The van der Waals surface area contributed by atoms with Crippen molar-refractivity contribution in [3.63, 3.8) is 0 Å². The highest BCUT2D eigenvalue weighted by Gasteiger charge is 2.09. The molecule has 8 nitrogen and oxygen atoms in total. The zero-order valence-electron chi connectivity index (χ0n) is 16.5. The van der Waals surface area contributed by atoms with Gasteiger partial charge in [0.05, 0.1) is 25.5 Å². The lowest BCUT2D eigenvalue weighted by molar-refractivity contribution is 0.0601. The Morgan fingerprint density at radius 2 is 1.63 bits per heavy atom. The zero-order valence-corrected chi connectivity index (χ0v) is 16.5. The molecule has 0 spiro atoms. The van der Waals surface area contributed by atoms with Gasteiger partial charge in [-0.05, 0) is 48.5 Å². The van der Waals surface area contributed by atoms with Gasteiger partial charge in [-0.15, -0.1) is 0 Å². The summed E-state index contributed by atoms with van der Waals surface area (Å²) >= 11 is 0. The van der Waals surface area contributed by atoms with Crippen molar-refractivity contribution in [3.05, 3.63) is 66.1 Å². The molecule has 0 saturated carbocycles. The summed E-state index contributed by atoms with van der Waals surface area (Å²) in [7, 11) is 2.92. The van der Waals surface area contributed by atoms with Gasteiger partial charge >= 0.3 is 5.97 Å². The second-order valence-corrected chi connectivity index (χ2v) is 6.07. The highest BCUT2D eigenvalue weighted by molar-refractivity contribution is 5.89. The molecule has 3 aromatic rings. The van der Waals surface area contributed by atoms with Crippen LogP contribution in [-0.2, 0) is 9.47 Å². The number of benzene rings is 2. The first-order chi connectivity index (χ1) is 14.6. The van der Waals surface area contributed by atoms with E-state index in [1.165, 1.54) is 7.11 Å². The number of hydrogen-bond donors (Lipinski definition) is 2. The van der Waals surface area contributed by atoms with Gasteiger partial charge in [0.1, 0.15) is 12.4 Å². The molecular formula is C21H21FN4O4. The number of hydrogen-bond acceptors (Lipinski definition) is 8. The number of esters is 1. The SMILES string of the molecule is COCCOc1ccc(Nc2ncc(F)c(Nc3ccc(C(=O)OC)cc3)n2)cc1. The number of nitrogens with one attached hydrogen (secondary N) is 2. The van der Waals surface area contributed by atoms with Crippen LogP contribution in [0.4, 0.5) is 27.5 Å². The fraction of sp³-hybridized carbons (Fsp3) is 0.190. The van der Waals surface area contributed by atoms with Crippen molar-refractivity contribution >= 4 is 29.1 Å². The summed E-state index contributed by atoms with van der Waals surface area (Å²) in [6, 6.07) is 13.6. The molecule has 9 heteroatoms. The zero-order chi connectivity index (χ0) is 21.3. The number of halogens is 1. The van der Waals surface area contributed by atoms with Crippen LogP contribution < -0.4 is 15.4 Å². The number of ether oxygens (including phenoxy) is 3. The minimum absolute atomic E-state index is 0.00200. The molecule has 1 aromatic heterocycles. The normalized spacial score (nSPS) is 10.4. The van der Waals surface area contributed by atoms with Crippen LogP contribution in [0.1, 0.15) is 10.4 Å². The van der Waals surface area contributed by atoms with Crippen LogP contribution in [0, 0.1) is 5.82 Å². The van der Waals surface area contributed by atoms with Gasteiger partial charge < -0.3 is 24.8 Å². The topological polar surface area (TPSA) is 94.6 Å². The Bertz CT molecular complexity index is 981. The molecule has 0 aliphatic carbocycles. The quantitative estimate of drug-likeness (QED) is 0.404. The Labute approximate surface area is 173 Å². The maximum absolute atomic E-state index is 14.1. The highest BCUT2D eigenvalue weighted by Crippen LogP contribution is 2.22. The van der Waals surface area contributed by atoms with Crippen LogP contribution in [-0.4, -0.2) is 43.4 Å². The summed E-state index contributed by atoms with van der Waals surface area (Å²) in [5, 5.41) is 5.88. The second-order valence-electron chi connectivity index (χ2n) is 6.07. The van der Waals surface area contributed by atoms with Gasteiger partial charge in [0.25, 0.3) is 0 Å². The van der Waals surface area contributed by atoms with Crippen LogP contribution in [0.25, 0.3) is 0 Å². The predicted octanol–water partition coefficient (Wildman–Crippen LogP) is 3.91. The van der Waals surface area contributed by atoms with Crippen molar-refractivity contribution in [3.8, 4) is 5.75 Å². The summed E-state index contributed by atoms with van der Waals surface area (Å²) < 4.78 is 29.2. The number of aromatic nitrogens is 2. The molecule has 0 aliphatic heterocycles. The Hall–Kier alpha value is -3.72. The second kappa shape index (κ2) is 10.2. The minimum Gasteiger partial charge on any atom is -0.491 e. The third-order valence-corrected chi connectivity index (χ3v) is 3.98. The Morgan fingerprint density at radius 1 is 0.967 bits per heavy atom. The monoisotopic (exact) mass is 412 g/mol. The average molecular weight is 412 g/mol. The van der Waals surface area contributed by atoms with Crippen molar-refractivity contribution in [2.24, 2.45) is 0 Å². The molecule has 30 heavy (non-hydrogen) atoms. The van der Waals surface area contributed by atoms with E-state index in [1.807, 2.05) is 0 Å². The highest BCUT2D eigenvalue weighted by atomic mass is 19.1. The molecule has 0 atom stereocenters. The summed E-state index contributed by atoms with van der Waals surface area (Å²) in [5.41, 5.74) is 1.67. The molecule has 0 amide bonds. The molecule has 0 fully saturated rings. The number of carbonyl (C=O) groups is 1. The lowest BCUT2D eigenvalue weighted by Gasteiger charge is -2.10. The molecule has 0 bridgehead atoms. The van der Waals surface area contributed by atoms with E-state index < -0.39 is 11.8 Å². The molecule has 0 saturated heterocycles. The number of nitrogens with zero attached hydrogens (tertiary/aromatic N) is 2. The largest absolute Gasteiger partial charge is 0.491 e. The van der Waals surface area contributed by atoms with E-state index in [1.54, 1.807) is 55.6 Å². The summed E-state index contributed by atoms with van der Waals surface area (Å²) in [6.45, 7) is 0.963. The first-order valence-corrected chi connectivity index (χ1v) is 9.06. The van der Waals surface area contributed by atoms with E-state index >= 15 is 0 Å². The van der Waals surface area contributed by atoms with Crippen LogP contribution in [0.15, 0.2) is 54.7 Å². The first kappa shape index (κ1) is 21.0. The third kappa shape index (κ3) is 5.65. The molecule has 0 unspecified atom stereocenters. The van der Waals surface area contributed by atoms with Gasteiger partial charge in [-0.1, -0.05) is 0 Å². The van der Waals surface area contributed by atoms with Gasteiger partial charge in [0.2, 0.25) is 5.95 Å². The first-order valence-electron chi connectivity index (χ1n) is 9.06. The number of anilines is 4. The van der Waals surface area contributed by atoms with Gasteiger partial charge in [-0.2, -0.15) is 4.98 Å². The summed E-state index contributed by atoms with van der Waals surface area (Å²) in [5.74, 6) is -0.137. The Morgan fingerprint density at radius 3 is 2.30 bits per heavy atom. The Kier molecular flexibility index (Phi) is 7.12. The van der Waals surface area contributed by atoms with Crippen molar-refractivity contribution in [2.45, 2.75) is 0 Å². The standard InChI is InChI=1S/C21H21FN4O4/c1-28-11-12-30-17-9-7-16(8-10-17)25-21-23-13-18(22)19(26-21)24-15-5-3-14(4-6-15)20(27)29-2/h3-10,13H,11-12H2,1-2H3,(H2,23,24,25,26). The van der Waals surface area contributed by atoms with E-state index in [-0.39, 0.29) is 11.8 Å².